The van der Waals surface area contributed by atoms with Crippen molar-refractivity contribution in [1.82, 2.24) is 14.8 Å². The van der Waals surface area contributed by atoms with E-state index in [0.29, 0.717) is 11.3 Å². The molecule has 0 bridgehead atoms. The Balaban J connectivity index is 1.94. The van der Waals surface area contributed by atoms with Crippen molar-refractivity contribution in [2.45, 2.75) is 38.7 Å². The van der Waals surface area contributed by atoms with Gasteiger partial charge in [-0.15, -0.1) is 0 Å². The van der Waals surface area contributed by atoms with Crippen LogP contribution in [0.15, 0.2) is 30.3 Å². The summed E-state index contributed by atoms with van der Waals surface area (Å²) in [5.41, 5.74) is 2.72. The molecule has 30 heavy (non-hydrogen) atoms. The van der Waals surface area contributed by atoms with Gasteiger partial charge in [0.05, 0.1) is 28.6 Å². The van der Waals surface area contributed by atoms with Gasteiger partial charge < -0.3 is 14.7 Å². The molecule has 0 amide bonds. The van der Waals surface area contributed by atoms with Gasteiger partial charge in [-0.3, -0.25) is 0 Å². The lowest BCUT2D eigenvalue weighted by Crippen LogP contribution is -2.37. The van der Waals surface area contributed by atoms with E-state index < -0.39 is 5.97 Å². The van der Waals surface area contributed by atoms with Gasteiger partial charge in [-0.2, -0.15) is 5.10 Å². The predicted octanol–water partition coefficient (Wildman–Crippen LogP) is 4.00. The summed E-state index contributed by atoms with van der Waals surface area (Å²) in [6, 6.07) is 7.58. The zero-order valence-corrected chi connectivity index (χ0v) is 17.3. The fourth-order valence-corrected chi connectivity index (χ4v) is 3.98. The Morgan fingerprint density at radius 2 is 1.90 bits per heavy atom. The molecule has 0 spiro atoms. The van der Waals surface area contributed by atoms with Crippen LogP contribution in [0, 0.1) is 5.82 Å². The van der Waals surface area contributed by atoms with Crippen molar-refractivity contribution in [3.8, 4) is 5.69 Å². The standard InChI is InChI=1S/C22H25FN4O3/c1-13(2)20-19-18(26-10-8-16(30-3)9-11-26)12-17(22(28)29)24-21(19)27(25-20)15-6-4-14(23)5-7-15/h4-7,12-13,16H,8-11H2,1-3H3,(H,28,29). The highest BCUT2D eigenvalue weighted by atomic mass is 19.1. The maximum absolute atomic E-state index is 13.4. The molecule has 1 fully saturated rings. The van der Waals surface area contributed by atoms with E-state index in [4.69, 9.17) is 9.84 Å². The second kappa shape index (κ2) is 8.02. The van der Waals surface area contributed by atoms with Crippen molar-refractivity contribution in [1.29, 1.82) is 0 Å². The van der Waals surface area contributed by atoms with Gasteiger partial charge in [0.2, 0.25) is 0 Å². The number of aromatic nitrogens is 3. The summed E-state index contributed by atoms with van der Waals surface area (Å²) in [5, 5.41) is 15.3. The molecule has 0 atom stereocenters. The SMILES string of the molecule is COC1CCN(c2cc(C(=O)O)nc3c2c(C(C)C)nn3-c2ccc(F)cc2)CC1. The number of halogens is 1. The minimum atomic E-state index is -1.09. The van der Waals surface area contributed by atoms with Gasteiger partial charge in [0.1, 0.15) is 5.82 Å². The second-order valence-electron chi connectivity index (χ2n) is 7.88. The van der Waals surface area contributed by atoms with Crippen LogP contribution < -0.4 is 4.90 Å². The summed E-state index contributed by atoms with van der Waals surface area (Å²) in [6.07, 6.45) is 1.95. The van der Waals surface area contributed by atoms with Crippen LogP contribution >= 0.6 is 0 Å². The molecule has 0 unspecified atom stereocenters. The summed E-state index contributed by atoms with van der Waals surface area (Å²) in [5.74, 6) is -1.34. The number of fused-ring (bicyclic) bond motifs is 1. The van der Waals surface area contributed by atoms with Gasteiger partial charge in [0.15, 0.2) is 11.3 Å². The third-order valence-corrected chi connectivity index (χ3v) is 5.60. The van der Waals surface area contributed by atoms with Gasteiger partial charge in [-0.25, -0.2) is 18.9 Å². The monoisotopic (exact) mass is 412 g/mol. The third kappa shape index (κ3) is 3.63. The molecule has 3 heterocycles. The lowest BCUT2D eigenvalue weighted by Gasteiger charge is -2.33. The molecule has 2 aromatic heterocycles. The van der Waals surface area contributed by atoms with Crippen molar-refractivity contribution < 1.29 is 19.0 Å². The number of rotatable bonds is 5. The molecule has 7 nitrogen and oxygen atoms in total. The molecule has 0 saturated carbocycles. The molecule has 1 aliphatic heterocycles. The Bertz CT molecular complexity index is 1070. The average molecular weight is 412 g/mol. The zero-order chi connectivity index (χ0) is 21.4. The fourth-order valence-electron chi connectivity index (χ4n) is 3.98. The van der Waals surface area contributed by atoms with Gasteiger partial charge in [0.25, 0.3) is 0 Å². The first-order chi connectivity index (χ1) is 14.4. The van der Waals surface area contributed by atoms with Gasteiger partial charge in [0, 0.05) is 20.2 Å². The lowest BCUT2D eigenvalue weighted by atomic mass is 10.0. The number of hydrogen-bond donors (Lipinski definition) is 1. The Labute approximate surface area is 174 Å². The van der Waals surface area contributed by atoms with Gasteiger partial charge in [-0.05, 0) is 49.1 Å². The van der Waals surface area contributed by atoms with Crippen molar-refractivity contribution >= 4 is 22.7 Å². The maximum atomic E-state index is 13.4. The van der Waals surface area contributed by atoms with Crippen LogP contribution in [-0.2, 0) is 4.74 Å². The molecule has 158 valence electrons. The van der Waals surface area contributed by atoms with E-state index >= 15 is 0 Å². The third-order valence-electron chi connectivity index (χ3n) is 5.60. The topological polar surface area (TPSA) is 80.5 Å². The van der Waals surface area contributed by atoms with E-state index in [9.17, 15) is 14.3 Å². The van der Waals surface area contributed by atoms with Crippen LogP contribution in [0.4, 0.5) is 10.1 Å². The van der Waals surface area contributed by atoms with Crippen molar-refractivity contribution in [2.24, 2.45) is 0 Å². The van der Waals surface area contributed by atoms with Gasteiger partial charge in [-0.1, -0.05) is 13.8 Å². The number of ether oxygens (including phenoxy) is 1. The normalized spacial score (nSPS) is 15.3. The van der Waals surface area contributed by atoms with E-state index in [1.54, 1.807) is 30.0 Å². The van der Waals surface area contributed by atoms with Crippen LogP contribution in [0.1, 0.15) is 48.8 Å². The smallest absolute Gasteiger partial charge is 0.354 e. The number of benzene rings is 1. The number of anilines is 1. The molecule has 8 heteroatoms. The lowest BCUT2D eigenvalue weighted by molar-refractivity contribution is 0.0690. The Kier molecular flexibility index (Phi) is 5.42. The highest BCUT2D eigenvalue weighted by molar-refractivity contribution is 5.98. The molecule has 3 aromatic rings. The first-order valence-corrected chi connectivity index (χ1v) is 10.1. The van der Waals surface area contributed by atoms with Crippen molar-refractivity contribution in [3.63, 3.8) is 0 Å². The second-order valence-corrected chi connectivity index (χ2v) is 7.88. The number of methoxy groups -OCH3 is 1. The molecule has 4 rings (SSSR count). The number of carboxylic acids is 1. The molecule has 1 N–H and O–H groups in total. The van der Waals surface area contributed by atoms with E-state index in [1.807, 2.05) is 13.8 Å². The first kappa shape index (κ1) is 20.3. The quantitative estimate of drug-likeness (QED) is 0.682. The number of carbonyl (C=O) groups is 1. The summed E-state index contributed by atoms with van der Waals surface area (Å²) in [4.78, 5) is 18.4. The van der Waals surface area contributed by atoms with Crippen molar-refractivity contribution in [2.75, 3.05) is 25.1 Å². The zero-order valence-electron chi connectivity index (χ0n) is 17.3. The van der Waals surface area contributed by atoms with Crippen molar-refractivity contribution in [3.05, 3.63) is 47.5 Å². The number of carboxylic acid groups (broad SMARTS) is 1. The molecule has 0 radical (unpaired) electrons. The molecule has 1 saturated heterocycles. The molecule has 1 aromatic carbocycles. The van der Waals surface area contributed by atoms with Crippen LogP contribution in [-0.4, -0.2) is 52.1 Å². The number of piperidine rings is 1. The first-order valence-electron chi connectivity index (χ1n) is 10.1. The minimum absolute atomic E-state index is 0.0371. The Morgan fingerprint density at radius 3 is 2.47 bits per heavy atom. The summed E-state index contributed by atoms with van der Waals surface area (Å²) >= 11 is 0. The molecule has 0 aliphatic carbocycles. The van der Waals surface area contributed by atoms with Crippen LogP contribution in [0.2, 0.25) is 0 Å². The summed E-state index contributed by atoms with van der Waals surface area (Å²) in [6.45, 7) is 5.61. The Hall–Kier alpha value is -3.00. The Morgan fingerprint density at radius 1 is 1.23 bits per heavy atom. The van der Waals surface area contributed by atoms with Crippen LogP contribution in [0.5, 0.6) is 0 Å². The highest BCUT2D eigenvalue weighted by Gasteiger charge is 2.27. The summed E-state index contributed by atoms with van der Waals surface area (Å²) < 4.78 is 20.5. The largest absolute Gasteiger partial charge is 0.477 e. The van der Waals surface area contributed by atoms with E-state index in [1.165, 1.54) is 12.1 Å². The van der Waals surface area contributed by atoms with Gasteiger partial charge >= 0.3 is 5.97 Å². The predicted molar refractivity (Wildman–Crippen MR) is 112 cm³/mol. The number of nitrogens with zero attached hydrogens (tertiary/aromatic N) is 4. The summed E-state index contributed by atoms with van der Waals surface area (Å²) in [7, 11) is 1.72. The van der Waals surface area contributed by atoms with E-state index in [-0.39, 0.29) is 23.5 Å². The molecule has 1 aliphatic rings. The molecular formula is C22H25FN4O3. The minimum Gasteiger partial charge on any atom is -0.477 e. The number of hydrogen-bond acceptors (Lipinski definition) is 5. The highest BCUT2D eigenvalue weighted by Crippen LogP contribution is 2.36. The van der Waals surface area contributed by atoms with Crippen LogP contribution in [0.3, 0.4) is 0 Å². The van der Waals surface area contributed by atoms with Crippen LogP contribution in [0.25, 0.3) is 16.7 Å². The fraction of sp³-hybridized carbons (Fsp3) is 0.409. The maximum Gasteiger partial charge on any atom is 0.354 e. The molecular weight excluding hydrogens is 387 g/mol. The van der Waals surface area contributed by atoms with E-state index in [2.05, 4.69) is 9.88 Å². The average Bonchev–Trinajstić information content (AvgIpc) is 3.13. The number of pyridine rings is 1. The van der Waals surface area contributed by atoms with E-state index in [0.717, 1.165) is 42.7 Å². The number of aromatic carboxylic acids is 1.